The zero-order valence-electron chi connectivity index (χ0n) is 16.1. The van der Waals surface area contributed by atoms with E-state index in [0.29, 0.717) is 12.4 Å². The Bertz CT molecular complexity index is 745. The lowest BCUT2D eigenvalue weighted by Gasteiger charge is -2.32. The van der Waals surface area contributed by atoms with E-state index in [0.717, 1.165) is 50.6 Å². The molecule has 0 aromatic heterocycles. The van der Waals surface area contributed by atoms with Gasteiger partial charge in [-0.05, 0) is 81.7 Å². The fourth-order valence-corrected chi connectivity index (χ4v) is 5.09. The molecule has 2 fully saturated rings. The largest absolute Gasteiger partial charge is 0.465 e. The normalized spacial score (nSPS) is 29.3. The second-order valence-electron chi connectivity index (χ2n) is 8.38. The van der Waals surface area contributed by atoms with E-state index in [2.05, 4.69) is 32.2 Å². The molecule has 1 N–H and O–H groups in total. The number of hydrogen-bond donors (Lipinski definition) is 1. The maximum absolute atomic E-state index is 12.9. The van der Waals surface area contributed by atoms with Crippen LogP contribution in [0.3, 0.4) is 0 Å². The number of ketones is 1. The third-order valence-electron chi connectivity index (χ3n) is 6.97. The standard InChI is InChI=1S/C22H29NO3/c1-13-12-17-19(14(2)22(8-9-22)15(3)20(17)24)16(13)6-5-11-26-21(25)18-7-4-10-23-18/h12,15,18,23H,4-11H2,1-3H3/t15-,18+/m1/s1. The van der Waals surface area contributed by atoms with Crippen LogP contribution in [0, 0.1) is 11.3 Å². The van der Waals surface area contributed by atoms with Gasteiger partial charge in [0, 0.05) is 16.9 Å². The number of hydrogen-bond acceptors (Lipinski definition) is 4. The number of allylic oxidation sites excluding steroid dienone is 6. The second-order valence-corrected chi connectivity index (χ2v) is 8.38. The van der Waals surface area contributed by atoms with Gasteiger partial charge in [0.2, 0.25) is 0 Å². The van der Waals surface area contributed by atoms with Gasteiger partial charge in [-0.3, -0.25) is 9.59 Å². The van der Waals surface area contributed by atoms with E-state index < -0.39 is 0 Å². The van der Waals surface area contributed by atoms with Crippen LogP contribution in [0.5, 0.6) is 0 Å². The molecule has 4 rings (SSSR count). The van der Waals surface area contributed by atoms with Crippen molar-refractivity contribution < 1.29 is 14.3 Å². The zero-order valence-corrected chi connectivity index (χ0v) is 16.1. The van der Waals surface area contributed by atoms with Gasteiger partial charge in [-0.25, -0.2) is 0 Å². The third kappa shape index (κ3) is 2.70. The highest BCUT2D eigenvalue weighted by molar-refractivity contribution is 6.07. The summed E-state index contributed by atoms with van der Waals surface area (Å²) in [6.07, 6.45) is 7.95. The van der Waals surface area contributed by atoms with E-state index in [1.165, 1.54) is 22.3 Å². The number of Topliss-reactive ketones (excluding diaryl/α,β-unsaturated/α-hetero) is 1. The molecule has 3 aliphatic carbocycles. The first-order valence-electron chi connectivity index (χ1n) is 10.0. The molecule has 4 aliphatic rings. The lowest BCUT2D eigenvalue weighted by atomic mass is 9.70. The Hall–Kier alpha value is -1.68. The van der Waals surface area contributed by atoms with Crippen LogP contribution >= 0.6 is 0 Å². The summed E-state index contributed by atoms with van der Waals surface area (Å²) < 4.78 is 5.45. The Labute approximate surface area is 155 Å². The fraction of sp³-hybridized carbons (Fsp3) is 0.636. The van der Waals surface area contributed by atoms with Gasteiger partial charge in [-0.1, -0.05) is 12.5 Å². The summed E-state index contributed by atoms with van der Waals surface area (Å²) in [6.45, 7) is 7.78. The summed E-state index contributed by atoms with van der Waals surface area (Å²) in [5, 5.41) is 3.18. The molecular weight excluding hydrogens is 326 g/mol. The van der Waals surface area contributed by atoms with Gasteiger partial charge in [0.1, 0.15) is 6.04 Å². The molecule has 4 nitrogen and oxygen atoms in total. The number of rotatable bonds is 5. The van der Waals surface area contributed by atoms with Crippen molar-refractivity contribution in [3.63, 3.8) is 0 Å². The van der Waals surface area contributed by atoms with Crippen molar-refractivity contribution in [3.8, 4) is 0 Å². The number of esters is 1. The minimum atomic E-state index is -0.118. The van der Waals surface area contributed by atoms with Crippen molar-refractivity contribution in [3.05, 3.63) is 33.9 Å². The van der Waals surface area contributed by atoms with Crippen molar-refractivity contribution >= 4 is 11.8 Å². The number of carbonyl (C=O) groups is 2. The first-order chi connectivity index (χ1) is 12.5. The maximum atomic E-state index is 12.9. The minimum Gasteiger partial charge on any atom is -0.465 e. The van der Waals surface area contributed by atoms with Crippen LogP contribution in [0.4, 0.5) is 0 Å². The number of nitrogens with one attached hydrogen (secondary N) is 1. The van der Waals surface area contributed by atoms with Gasteiger partial charge in [-0.2, -0.15) is 0 Å². The number of ether oxygens (including phenoxy) is 1. The zero-order chi connectivity index (χ0) is 18.5. The first kappa shape index (κ1) is 17.7. The van der Waals surface area contributed by atoms with E-state index >= 15 is 0 Å². The van der Waals surface area contributed by atoms with Crippen LogP contribution < -0.4 is 5.32 Å². The molecule has 140 valence electrons. The second kappa shape index (κ2) is 6.49. The summed E-state index contributed by atoms with van der Waals surface area (Å²) in [5.74, 6) is 0.313. The molecule has 0 aromatic carbocycles. The molecule has 0 bridgehead atoms. The summed E-state index contributed by atoms with van der Waals surface area (Å²) in [7, 11) is 0. The molecule has 1 aliphatic heterocycles. The van der Waals surface area contributed by atoms with E-state index in [1.807, 2.05) is 0 Å². The highest BCUT2D eigenvalue weighted by Crippen LogP contribution is 2.63. The smallest absolute Gasteiger partial charge is 0.323 e. The average molecular weight is 355 g/mol. The molecule has 1 saturated heterocycles. The molecule has 0 radical (unpaired) electrons. The molecule has 4 heteroatoms. The average Bonchev–Trinajstić information content (AvgIpc) is 3.09. The molecule has 2 atom stereocenters. The predicted octanol–water partition coefficient (Wildman–Crippen LogP) is 3.63. The number of fused-ring (bicyclic) bond motifs is 1. The first-order valence-corrected chi connectivity index (χ1v) is 10.0. The van der Waals surface area contributed by atoms with Gasteiger partial charge >= 0.3 is 5.97 Å². The Morgan fingerprint density at radius 3 is 2.77 bits per heavy atom. The van der Waals surface area contributed by atoms with Gasteiger partial charge in [0.05, 0.1) is 6.61 Å². The Morgan fingerprint density at radius 2 is 2.12 bits per heavy atom. The van der Waals surface area contributed by atoms with Gasteiger partial charge in [0.15, 0.2) is 5.78 Å². The lowest BCUT2D eigenvalue weighted by molar-refractivity contribution is -0.145. The molecule has 1 spiro atoms. The lowest BCUT2D eigenvalue weighted by Crippen LogP contribution is -2.32. The molecular formula is C22H29NO3. The van der Waals surface area contributed by atoms with Gasteiger partial charge < -0.3 is 10.1 Å². The van der Waals surface area contributed by atoms with Crippen LogP contribution in [0.2, 0.25) is 0 Å². The quantitative estimate of drug-likeness (QED) is 0.604. The molecule has 0 amide bonds. The van der Waals surface area contributed by atoms with Crippen LogP contribution in [0.25, 0.3) is 0 Å². The molecule has 1 heterocycles. The molecule has 0 aromatic rings. The van der Waals surface area contributed by atoms with Gasteiger partial charge in [0.25, 0.3) is 0 Å². The Morgan fingerprint density at radius 1 is 1.35 bits per heavy atom. The van der Waals surface area contributed by atoms with Crippen molar-refractivity contribution in [2.45, 2.75) is 65.3 Å². The maximum Gasteiger partial charge on any atom is 0.323 e. The van der Waals surface area contributed by atoms with E-state index in [-0.39, 0.29) is 23.3 Å². The number of carbonyl (C=O) groups excluding carboxylic acids is 2. The molecule has 26 heavy (non-hydrogen) atoms. The summed E-state index contributed by atoms with van der Waals surface area (Å²) in [5.41, 5.74) is 6.17. The van der Waals surface area contributed by atoms with Crippen LogP contribution in [0.15, 0.2) is 33.9 Å². The highest BCUT2D eigenvalue weighted by Gasteiger charge is 2.56. The van der Waals surface area contributed by atoms with E-state index in [9.17, 15) is 9.59 Å². The van der Waals surface area contributed by atoms with Gasteiger partial charge in [-0.15, -0.1) is 0 Å². The predicted molar refractivity (Wildman–Crippen MR) is 101 cm³/mol. The third-order valence-corrected chi connectivity index (χ3v) is 6.97. The topological polar surface area (TPSA) is 55.4 Å². The summed E-state index contributed by atoms with van der Waals surface area (Å²) in [4.78, 5) is 24.9. The Balaban J connectivity index is 1.41. The van der Waals surface area contributed by atoms with Crippen molar-refractivity contribution in [2.24, 2.45) is 11.3 Å². The van der Waals surface area contributed by atoms with Crippen LogP contribution in [0.1, 0.15) is 59.3 Å². The highest BCUT2D eigenvalue weighted by atomic mass is 16.5. The summed E-state index contributed by atoms with van der Waals surface area (Å²) in [6, 6.07) is -0.118. The molecule has 1 saturated carbocycles. The SMILES string of the molecule is CC1=C(CCCOC(=O)[C@@H]2CCCN2)C2=C(C)C3(CC3)[C@H](C)C(=O)C2=C1. The summed E-state index contributed by atoms with van der Waals surface area (Å²) >= 11 is 0. The van der Waals surface area contributed by atoms with Crippen molar-refractivity contribution in [1.29, 1.82) is 0 Å². The molecule has 0 unspecified atom stereocenters. The van der Waals surface area contributed by atoms with Crippen LogP contribution in [-0.4, -0.2) is 30.9 Å². The van der Waals surface area contributed by atoms with E-state index in [4.69, 9.17) is 4.74 Å². The van der Waals surface area contributed by atoms with Crippen LogP contribution in [-0.2, 0) is 14.3 Å². The van der Waals surface area contributed by atoms with E-state index in [1.54, 1.807) is 0 Å². The fourth-order valence-electron chi connectivity index (χ4n) is 5.09. The van der Waals surface area contributed by atoms with Crippen molar-refractivity contribution in [2.75, 3.05) is 13.2 Å². The van der Waals surface area contributed by atoms with Crippen molar-refractivity contribution in [1.82, 2.24) is 5.32 Å². The minimum absolute atomic E-state index is 0.115. The Kier molecular flexibility index (Phi) is 4.42. The monoisotopic (exact) mass is 355 g/mol.